The van der Waals surface area contributed by atoms with E-state index in [0.29, 0.717) is 31.7 Å². The van der Waals surface area contributed by atoms with Gasteiger partial charge in [-0.3, -0.25) is 14.9 Å². The number of anilines is 1. The van der Waals surface area contributed by atoms with Crippen LogP contribution in [0.25, 0.3) is 0 Å². The molecule has 0 unspecified atom stereocenters. The zero-order valence-electron chi connectivity index (χ0n) is 17.7. The number of pyridine rings is 1. The number of halogens is 2. The van der Waals surface area contributed by atoms with Crippen molar-refractivity contribution in [3.05, 3.63) is 58.8 Å². The Morgan fingerprint density at radius 3 is 2.28 bits per heavy atom. The highest BCUT2D eigenvalue weighted by Crippen LogP contribution is 2.32. The number of benzene rings is 1. The molecular weight excluding hydrogens is 420 g/mol. The first-order valence-electron chi connectivity index (χ1n) is 10.2. The zero-order chi connectivity index (χ0) is 23.0. The molecule has 2 saturated heterocycles. The summed E-state index contributed by atoms with van der Waals surface area (Å²) >= 11 is 0. The second-order valence-corrected chi connectivity index (χ2v) is 8.03. The van der Waals surface area contributed by atoms with Gasteiger partial charge >= 0.3 is 6.03 Å². The SMILES string of the molecule is Cc1cnc(N2CCN(C(=O)c3ccc([C@]4(C(F)F)NC(=O)NC4=O)cc3)CC2)c(C)c1. The molecule has 10 heteroatoms. The van der Waals surface area contributed by atoms with Crippen molar-refractivity contribution >= 4 is 23.7 Å². The van der Waals surface area contributed by atoms with Gasteiger partial charge in [-0.2, -0.15) is 0 Å². The van der Waals surface area contributed by atoms with Crippen LogP contribution in [0, 0.1) is 13.8 Å². The minimum absolute atomic E-state index is 0.0851. The van der Waals surface area contributed by atoms with Crippen LogP contribution >= 0.6 is 0 Å². The van der Waals surface area contributed by atoms with E-state index < -0.39 is 23.9 Å². The van der Waals surface area contributed by atoms with Gasteiger partial charge < -0.3 is 15.1 Å². The van der Waals surface area contributed by atoms with Gasteiger partial charge in [-0.1, -0.05) is 18.2 Å². The third-order valence-electron chi connectivity index (χ3n) is 5.86. The molecule has 2 N–H and O–H groups in total. The van der Waals surface area contributed by atoms with E-state index in [4.69, 9.17) is 0 Å². The van der Waals surface area contributed by atoms with Gasteiger partial charge in [-0.15, -0.1) is 0 Å². The van der Waals surface area contributed by atoms with Gasteiger partial charge in [0.2, 0.25) is 5.54 Å². The molecule has 2 aliphatic rings. The standard InChI is InChI=1S/C22H23F2N5O3/c1-13-11-14(2)17(25-12-13)28-7-9-29(10-8-28)18(30)15-3-5-16(6-4-15)22(19(23)24)20(31)26-21(32)27-22/h3-6,11-12,19H,7-10H2,1-2H3,(H2,26,27,31,32)/t22-/m1/s1. The Balaban J connectivity index is 1.46. The Bertz CT molecular complexity index is 1070. The van der Waals surface area contributed by atoms with Crippen molar-refractivity contribution in [3.63, 3.8) is 0 Å². The molecule has 8 nitrogen and oxygen atoms in total. The normalized spacial score (nSPS) is 21.0. The molecule has 2 aliphatic heterocycles. The van der Waals surface area contributed by atoms with Crippen LogP contribution in [-0.2, 0) is 10.3 Å². The topological polar surface area (TPSA) is 94.6 Å². The highest BCUT2D eigenvalue weighted by molar-refractivity contribution is 6.08. The van der Waals surface area contributed by atoms with Crippen LogP contribution in [0.3, 0.4) is 0 Å². The lowest BCUT2D eigenvalue weighted by molar-refractivity contribution is -0.130. The van der Waals surface area contributed by atoms with Gasteiger partial charge in [0.1, 0.15) is 5.82 Å². The fourth-order valence-corrected chi connectivity index (χ4v) is 4.17. The summed E-state index contributed by atoms with van der Waals surface area (Å²) in [5.41, 5.74) is -0.0503. The van der Waals surface area contributed by atoms with Crippen LogP contribution in [-0.4, -0.2) is 60.3 Å². The number of carbonyl (C=O) groups is 3. The van der Waals surface area contributed by atoms with E-state index in [2.05, 4.69) is 16.0 Å². The van der Waals surface area contributed by atoms with E-state index in [1.54, 1.807) is 4.90 Å². The third-order valence-corrected chi connectivity index (χ3v) is 5.86. The monoisotopic (exact) mass is 443 g/mol. The van der Waals surface area contributed by atoms with Gasteiger partial charge in [0.25, 0.3) is 18.2 Å². The quantitative estimate of drug-likeness (QED) is 0.705. The summed E-state index contributed by atoms with van der Waals surface area (Å²) in [6.07, 6.45) is -1.33. The largest absolute Gasteiger partial charge is 0.353 e. The maximum atomic E-state index is 13.7. The van der Waals surface area contributed by atoms with Crippen LogP contribution in [0.5, 0.6) is 0 Å². The molecule has 0 bridgehead atoms. The molecule has 0 radical (unpaired) electrons. The van der Waals surface area contributed by atoms with Crippen molar-refractivity contribution in [2.24, 2.45) is 0 Å². The van der Waals surface area contributed by atoms with E-state index in [1.807, 2.05) is 30.7 Å². The Kier molecular flexibility index (Phi) is 5.53. The average Bonchev–Trinajstić information content (AvgIpc) is 3.08. The number of imide groups is 1. The summed E-state index contributed by atoms with van der Waals surface area (Å²) in [7, 11) is 0. The molecule has 3 heterocycles. The second kappa shape index (κ2) is 8.18. The van der Waals surface area contributed by atoms with Gasteiger partial charge in [-0.05, 0) is 42.7 Å². The first kappa shape index (κ1) is 21.7. The first-order chi connectivity index (χ1) is 15.2. The van der Waals surface area contributed by atoms with E-state index in [1.165, 1.54) is 24.3 Å². The molecular formula is C22H23F2N5O3. The van der Waals surface area contributed by atoms with Crippen LogP contribution in [0.4, 0.5) is 19.4 Å². The lowest BCUT2D eigenvalue weighted by Gasteiger charge is -2.36. The molecule has 4 amide bonds. The number of rotatable bonds is 4. The Morgan fingerprint density at radius 1 is 1.09 bits per heavy atom. The Morgan fingerprint density at radius 2 is 1.75 bits per heavy atom. The number of hydrogen-bond acceptors (Lipinski definition) is 5. The van der Waals surface area contributed by atoms with Gasteiger partial charge in [0, 0.05) is 37.9 Å². The van der Waals surface area contributed by atoms with Gasteiger partial charge in [-0.25, -0.2) is 18.6 Å². The number of urea groups is 1. The molecule has 32 heavy (non-hydrogen) atoms. The number of aromatic nitrogens is 1. The summed E-state index contributed by atoms with van der Waals surface area (Å²) in [6, 6.07) is 6.45. The second-order valence-electron chi connectivity index (χ2n) is 8.03. The van der Waals surface area contributed by atoms with Crippen molar-refractivity contribution < 1.29 is 23.2 Å². The Labute approximate surface area is 183 Å². The lowest BCUT2D eigenvalue weighted by Crippen LogP contribution is -2.50. The average molecular weight is 443 g/mol. The number of nitrogens with zero attached hydrogens (tertiary/aromatic N) is 3. The van der Waals surface area contributed by atoms with Gasteiger partial charge in [0.05, 0.1) is 0 Å². The number of carbonyl (C=O) groups excluding carboxylic acids is 3. The molecule has 0 aliphatic carbocycles. The van der Waals surface area contributed by atoms with Crippen molar-refractivity contribution in [1.82, 2.24) is 20.5 Å². The van der Waals surface area contributed by atoms with E-state index in [9.17, 15) is 23.2 Å². The number of aryl methyl sites for hydroxylation is 2. The number of nitrogens with one attached hydrogen (secondary N) is 2. The maximum absolute atomic E-state index is 13.7. The highest BCUT2D eigenvalue weighted by Gasteiger charge is 2.55. The third kappa shape index (κ3) is 3.65. The van der Waals surface area contributed by atoms with Crippen LogP contribution in [0.2, 0.25) is 0 Å². The maximum Gasteiger partial charge on any atom is 0.322 e. The fraction of sp³-hybridized carbons (Fsp3) is 0.364. The molecule has 2 fully saturated rings. The molecule has 168 valence electrons. The van der Waals surface area contributed by atoms with Gasteiger partial charge in [0.15, 0.2) is 0 Å². The number of piperazine rings is 1. The lowest BCUT2D eigenvalue weighted by atomic mass is 9.89. The summed E-state index contributed by atoms with van der Waals surface area (Å²) in [4.78, 5) is 44.7. The number of amides is 4. The van der Waals surface area contributed by atoms with Crippen LogP contribution in [0.1, 0.15) is 27.0 Å². The molecule has 1 aromatic carbocycles. The summed E-state index contributed by atoms with van der Waals surface area (Å²) in [5.74, 6) is -0.440. The van der Waals surface area contributed by atoms with Crippen molar-refractivity contribution in [1.29, 1.82) is 0 Å². The fourth-order valence-electron chi connectivity index (χ4n) is 4.17. The van der Waals surface area contributed by atoms with Crippen LogP contribution < -0.4 is 15.5 Å². The molecule has 2 aromatic rings. The smallest absolute Gasteiger partial charge is 0.322 e. The van der Waals surface area contributed by atoms with E-state index in [-0.39, 0.29) is 11.5 Å². The minimum atomic E-state index is -3.15. The number of hydrogen-bond donors (Lipinski definition) is 2. The predicted molar refractivity (Wildman–Crippen MR) is 113 cm³/mol. The summed E-state index contributed by atoms with van der Waals surface area (Å²) in [5, 5.41) is 3.86. The van der Waals surface area contributed by atoms with E-state index in [0.717, 1.165) is 16.9 Å². The first-order valence-corrected chi connectivity index (χ1v) is 10.2. The molecule has 1 aromatic heterocycles. The predicted octanol–water partition coefficient (Wildman–Crippen LogP) is 1.96. The number of alkyl halides is 2. The minimum Gasteiger partial charge on any atom is -0.353 e. The van der Waals surface area contributed by atoms with E-state index >= 15 is 0 Å². The Hall–Kier alpha value is -3.56. The van der Waals surface area contributed by atoms with Crippen molar-refractivity contribution in [2.45, 2.75) is 25.8 Å². The van der Waals surface area contributed by atoms with Crippen LogP contribution in [0.15, 0.2) is 36.5 Å². The highest BCUT2D eigenvalue weighted by atomic mass is 19.3. The molecule has 4 rings (SSSR count). The molecule has 0 saturated carbocycles. The summed E-state index contributed by atoms with van der Waals surface area (Å²) in [6.45, 7) is 6.24. The summed E-state index contributed by atoms with van der Waals surface area (Å²) < 4.78 is 27.4. The zero-order valence-corrected chi connectivity index (χ0v) is 17.7. The van der Waals surface area contributed by atoms with Crippen molar-refractivity contribution in [3.8, 4) is 0 Å². The van der Waals surface area contributed by atoms with Crippen molar-refractivity contribution in [2.75, 3.05) is 31.1 Å². The molecule has 0 spiro atoms. The molecule has 1 atom stereocenters.